The number of benzene rings is 2. The van der Waals surface area contributed by atoms with Crippen molar-refractivity contribution in [2.24, 2.45) is 0 Å². The lowest BCUT2D eigenvalue weighted by atomic mass is 10.1. The van der Waals surface area contributed by atoms with Crippen molar-refractivity contribution in [3.8, 4) is 11.3 Å². The minimum atomic E-state index is -0.270. The predicted molar refractivity (Wildman–Crippen MR) is 104 cm³/mol. The van der Waals surface area contributed by atoms with Crippen molar-refractivity contribution in [3.63, 3.8) is 0 Å². The Bertz CT molecular complexity index is 976. The van der Waals surface area contributed by atoms with Crippen molar-refractivity contribution < 1.29 is 9.59 Å². The molecule has 27 heavy (non-hydrogen) atoms. The predicted octanol–water partition coefficient (Wildman–Crippen LogP) is 3.43. The van der Waals surface area contributed by atoms with Gasteiger partial charge in [0.25, 0.3) is 5.56 Å². The lowest BCUT2D eigenvalue weighted by molar-refractivity contribution is -0.116. The minimum Gasteiger partial charge on any atom is -0.326 e. The van der Waals surface area contributed by atoms with Gasteiger partial charge >= 0.3 is 0 Å². The van der Waals surface area contributed by atoms with E-state index < -0.39 is 0 Å². The molecule has 3 rings (SSSR count). The highest BCUT2D eigenvalue weighted by atomic mass is 16.1. The number of anilines is 1. The molecule has 0 aliphatic carbocycles. The first-order valence-electron chi connectivity index (χ1n) is 8.66. The maximum Gasteiger partial charge on any atom is 0.264 e. The van der Waals surface area contributed by atoms with Gasteiger partial charge in [-0.15, -0.1) is 0 Å². The van der Waals surface area contributed by atoms with Crippen LogP contribution in [0.25, 0.3) is 11.3 Å². The Morgan fingerprint density at radius 2 is 1.74 bits per heavy atom. The molecule has 0 unspecified atom stereocenters. The van der Waals surface area contributed by atoms with Gasteiger partial charge < -0.3 is 5.32 Å². The second kappa shape index (κ2) is 8.71. The van der Waals surface area contributed by atoms with Crippen LogP contribution in [0, 0.1) is 0 Å². The quantitative estimate of drug-likeness (QED) is 0.631. The van der Waals surface area contributed by atoms with Crippen molar-refractivity contribution in [3.05, 3.63) is 82.6 Å². The van der Waals surface area contributed by atoms with Crippen LogP contribution in [-0.2, 0) is 4.79 Å². The first kappa shape index (κ1) is 18.3. The van der Waals surface area contributed by atoms with Crippen LogP contribution in [-0.4, -0.2) is 21.9 Å². The molecule has 0 radical (unpaired) electrons. The molecule has 0 saturated heterocycles. The number of carbonyl (C=O) groups excluding carboxylic acids is 2. The summed E-state index contributed by atoms with van der Waals surface area (Å²) in [5.41, 5.74) is 2.43. The highest BCUT2D eigenvalue weighted by molar-refractivity contribution is 5.96. The Hall–Kier alpha value is -3.54. The Labute approximate surface area is 156 Å². The zero-order valence-electron chi connectivity index (χ0n) is 14.6. The van der Waals surface area contributed by atoms with Gasteiger partial charge in [0.2, 0.25) is 5.91 Å². The largest absolute Gasteiger partial charge is 0.326 e. The maximum absolute atomic E-state index is 12.1. The number of nitrogens with one attached hydrogen (secondary N) is 2. The van der Waals surface area contributed by atoms with Gasteiger partial charge in [-0.25, -0.2) is 5.10 Å². The highest BCUT2D eigenvalue weighted by Gasteiger charge is 2.08. The SMILES string of the molecule is O=C(CCCC(=O)c1ccccc1)Nc1cccc(-c2ccc(=O)[nH]n2)c1. The molecule has 0 spiro atoms. The van der Waals surface area contributed by atoms with E-state index in [-0.39, 0.29) is 23.7 Å². The number of nitrogens with zero attached hydrogens (tertiary/aromatic N) is 1. The monoisotopic (exact) mass is 361 g/mol. The number of hydrogen-bond donors (Lipinski definition) is 2. The second-order valence-corrected chi connectivity index (χ2v) is 6.08. The third kappa shape index (κ3) is 5.22. The standard InChI is InChI=1S/C21H19N3O3/c25-19(15-6-2-1-3-7-15)10-5-11-20(26)22-17-9-4-8-16(14-17)18-12-13-21(27)24-23-18/h1-4,6-9,12-14H,5,10-11H2,(H,22,26)(H,24,27). The van der Waals surface area contributed by atoms with E-state index in [1.165, 1.54) is 6.07 Å². The number of carbonyl (C=O) groups is 2. The molecule has 0 aliphatic rings. The van der Waals surface area contributed by atoms with Crippen LogP contribution in [0.15, 0.2) is 71.5 Å². The summed E-state index contributed by atoms with van der Waals surface area (Å²) in [4.78, 5) is 35.3. The fourth-order valence-electron chi connectivity index (χ4n) is 2.66. The van der Waals surface area contributed by atoms with E-state index >= 15 is 0 Å². The number of amides is 1. The van der Waals surface area contributed by atoms with E-state index in [1.807, 2.05) is 24.3 Å². The molecule has 0 atom stereocenters. The number of ketones is 1. The van der Waals surface area contributed by atoms with Gasteiger partial charge in [-0.05, 0) is 24.6 Å². The number of H-pyrrole nitrogens is 1. The van der Waals surface area contributed by atoms with Crippen LogP contribution in [0.5, 0.6) is 0 Å². The van der Waals surface area contributed by atoms with Crippen LogP contribution in [0.1, 0.15) is 29.6 Å². The van der Waals surface area contributed by atoms with E-state index in [0.29, 0.717) is 29.8 Å². The third-order valence-corrected chi connectivity index (χ3v) is 4.02. The van der Waals surface area contributed by atoms with Crippen molar-refractivity contribution in [1.82, 2.24) is 10.2 Å². The molecular weight excluding hydrogens is 342 g/mol. The van der Waals surface area contributed by atoms with E-state index in [4.69, 9.17) is 0 Å². The van der Waals surface area contributed by atoms with Crippen LogP contribution >= 0.6 is 0 Å². The summed E-state index contributed by atoms with van der Waals surface area (Å²) in [7, 11) is 0. The average molecular weight is 361 g/mol. The third-order valence-electron chi connectivity index (χ3n) is 4.02. The van der Waals surface area contributed by atoms with Gasteiger partial charge in [-0.2, -0.15) is 5.10 Å². The Balaban J connectivity index is 1.53. The number of Topliss-reactive ketones (excluding diaryl/α,β-unsaturated/α-hetero) is 1. The van der Waals surface area contributed by atoms with E-state index in [2.05, 4.69) is 15.5 Å². The highest BCUT2D eigenvalue weighted by Crippen LogP contribution is 2.20. The number of aromatic nitrogens is 2. The van der Waals surface area contributed by atoms with Crippen molar-refractivity contribution >= 4 is 17.4 Å². The molecular formula is C21H19N3O3. The topological polar surface area (TPSA) is 91.9 Å². The van der Waals surface area contributed by atoms with Gasteiger partial charge in [0, 0.05) is 35.7 Å². The summed E-state index contributed by atoms with van der Waals surface area (Å²) in [6.07, 6.45) is 1.08. The fourth-order valence-corrected chi connectivity index (χ4v) is 2.66. The first-order chi connectivity index (χ1) is 13.1. The Kier molecular flexibility index (Phi) is 5.89. The Morgan fingerprint density at radius 3 is 2.48 bits per heavy atom. The minimum absolute atomic E-state index is 0.0366. The summed E-state index contributed by atoms with van der Waals surface area (Å²) in [5.74, 6) is -0.114. The van der Waals surface area contributed by atoms with Crippen molar-refractivity contribution in [2.75, 3.05) is 5.32 Å². The second-order valence-electron chi connectivity index (χ2n) is 6.08. The molecule has 1 amide bonds. The molecule has 1 heterocycles. The van der Waals surface area contributed by atoms with Gasteiger partial charge in [-0.3, -0.25) is 14.4 Å². The number of aromatic amines is 1. The molecule has 0 bridgehead atoms. The lowest BCUT2D eigenvalue weighted by Gasteiger charge is -2.07. The van der Waals surface area contributed by atoms with Gasteiger partial charge in [0.15, 0.2) is 5.78 Å². The fraction of sp³-hybridized carbons (Fsp3) is 0.143. The van der Waals surface area contributed by atoms with Crippen LogP contribution in [0.2, 0.25) is 0 Å². The summed E-state index contributed by atoms with van der Waals surface area (Å²) >= 11 is 0. The number of rotatable bonds is 7. The van der Waals surface area contributed by atoms with Crippen LogP contribution < -0.4 is 10.9 Å². The van der Waals surface area contributed by atoms with Crippen LogP contribution in [0.4, 0.5) is 5.69 Å². The van der Waals surface area contributed by atoms with Gasteiger partial charge in [0.1, 0.15) is 0 Å². The van der Waals surface area contributed by atoms with Gasteiger partial charge in [0.05, 0.1) is 5.69 Å². The van der Waals surface area contributed by atoms with Gasteiger partial charge in [-0.1, -0.05) is 42.5 Å². The Morgan fingerprint density at radius 1 is 0.926 bits per heavy atom. The molecule has 3 aromatic rings. The summed E-state index contributed by atoms with van der Waals surface area (Å²) in [6, 6.07) is 19.3. The molecule has 0 aliphatic heterocycles. The summed E-state index contributed by atoms with van der Waals surface area (Å²) in [5, 5.41) is 9.19. The summed E-state index contributed by atoms with van der Waals surface area (Å²) in [6.45, 7) is 0. The zero-order valence-corrected chi connectivity index (χ0v) is 14.6. The normalized spacial score (nSPS) is 10.4. The zero-order chi connectivity index (χ0) is 19.1. The molecule has 6 heteroatoms. The molecule has 2 N–H and O–H groups in total. The maximum atomic E-state index is 12.1. The smallest absolute Gasteiger partial charge is 0.264 e. The van der Waals surface area contributed by atoms with E-state index in [0.717, 1.165) is 5.56 Å². The molecule has 1 aromatic heterocycles. The summed E-state index contributed by atoms with van der Waals surface area (Å²) < 4.78 is 0. The lowest BCUT2D eigenvalue weighted by Crippen LogP contribution is -2.12. The molecule has 136 valence electrons. The van der Waals surface area contributed by atoms with Crippen molar-refractivity contribution in [1.29, 1.82) is 0 Å². The average Bonchev–Trinajstić information content (AvgIpc) is 2.69. The molecule has 0 fully saturated rings. The van der Waals surface area contributed by atoms with Crippen LogP contribution in [0.3, 0.4) is 0 Å². The van der Waals surface area contributed by atoms with Crippen molar-refractivity contribution in [2.45, 2.75) is 19.3 Å². The molecule has 2 aromatic carbocycles. The molecule has 0 saturated carbocycles. The number of hydrogen-bond acceptors (Lipinski definition) is 4. The molecule has 6 nitrogen and oxygen atoms in total. The van der Waals surface area contributed by atoms with E-state index in [9.17, 15) is 14.4 Å². The first-order valence-corrected chi connectivity index (χ1v) is 8.66. The van der Waals surface area contributed by atoms with E-state index in [1.54, 1.807) is 36.4 Å².